The number of aromatic nitrogens is 2. The van der Waals surface area contributed by atoms with Crippen molar-refractivity contribution < 1.29 is 4.57 Å². The van der Waals surface area contributed by atoms with Gasteiger partial charge in [-0.2, -0.15) is 0 Å². The second-order valence-corrected chi connectivity index (χ2v) is 6.06. The molecule has 2 rings (SSSR count). The van der Waals surface area contributed by atoms with Gasteiger partial charge in [-0.3, -0.25) is 9.97 Å². The second-order valence-electron chi connectivity index (χ2n) is 3.30. The van der Waals surface area contributed by atoms with E-state index < -0.39 is 7.14 Å². The predicted octanol–water partition coefficient (Wildman–Crippen LogP) is 1.42. The van der Waals surface area contributed by atoms with Crippen LogP contribution in [0, 0.1) is 0 Å². The fraction of sp³-hybridized carbons (Fsp3) is 0.0909. The van der Waals surface area contributed by atoms with Crippen molar-refractivity contribution in [2.75, 3.05) is 6.66 Å². The van der Waals surface area contributed by atoms with E-state index in [-0.39, 0.29) is 0 Å². The number of rotatable bonds is 2. The van der Waals surface area contributed by atoms with E-state index in [0.717, 1.165) is 0 Å². The van der Waals surface area contributed by atoms with Crippen LogP contribution in [0.15, 0.2) is 48.8 Å². The number of hydrogen-bond acceptors (Lipinski definition) is 3. The fourth-order valence-corrected chi connectivity index (χ4v) is 2.88. The molecule has 0 atom stereocenters. The average Bonchev–Trinajstić information content (AvgIpc) is 2.31. The van der Waals surface area contributed by atoms with Crippen molar-refractivity contribution >= 4 is 18.0 Å². The Balaban J connectivity index is 2.50. The highest BCUT2D eigenvalue weighted by molar-refractivity contribution is 7.77. The van der Waals surface area contributed by atoms with Crippen molar-refractivity contribution in [3.63, 3.8) is 0 Å². The van der Waals surface area contributed by atoms with Crippen LogP contribution in [0.25, 0.3) is 0 Å². The summed E-state index contributed by atoms with van der Waals surface area (Å²) in [4.78, 5) is 8.25. The normalized spacial score (nSPS) is 11.3. The first-order valence-electron chi connectivity index (χ1n) is 4.62. The topological polar surface area (TPSA) is 42.9 Å². The molecular weight excluding hydrogens is 207 g/mol. The van der Waals surface area contributed by atoms with E-state index in [1.54, 1.807) is 31.2 Å². The van der Waals surface area contributed by atoms with Gasteiger partial charge in [0.2, 0.25) is 0 Å². The van der Waals surface area contributed by atoms with Gasteiger partial charge < -0.3 is 4.57 Å². The van der Waals surface area contributed by atoms with Crippen LogP contribution in [0.2, 0.25) is 0 Å². The Hall–Kier alpha value is -1.47. The molecule has 0 N–H and O–H groups in total. The van der Waals surface area contributed by atoms with E-state index >= 15 is 0 Å². The molecule has 0 bridgehead atoms. The summed E-state index contributed by atoms with van der Waals surface area (Å²) in [6, 6.07) is 10.8. The van der Waals surface area contributed by atoms with E-state index in [0.29, 0.717) is 10.9 Å². The lowest BCUT2D eigenvalue weighted by Crippen LogP contribution is -2.19. The first-order chi connectivity index (χ1) is 7.21. The van der Waals surface area contributed by atoms with Gasteiger partial charge >= 0.3 is 0 Å². The van der Waals surface area contributed by atoms with Crippen LogP contribution in [0.3, 0.4) is 0 Å². The van der Waals surface area contributed by atoms with Crippen LogP contribution in [-0.4, -0.2) is 16.6 Å². The first kappa shape index (κ1) is 10.1. The lowest BCUT2D eigenvalue weighted by Gasteiger charge is -2.10. The van der Waals surface area contributed by atoms with E-state index in [2.05, 4.69) is 9.97 Å². The van der Waals surface area contributed by atoms with Crippen LogP contribution in [0.5, 0.6) is 0 Å². The molecule has 0 saturated heterocycles. The molecule has 0 fully saturated rings. The Morgan fingerprint density at radius 3 is 1.73 bits per heavy atom. The third-order valence-corrected chi connectivity index (χ3v) is 4.45. The molecule has 0 unspecified atom stereocenters. The molecule has 15 heavy (non-hydrogen) atoms. The third-order valence-electron chi connectivity index (χ3n) is 2.17. The summed E-state index contributed by atoms with van der Waals surface area (Å²) >= 11 is 0. The standard InChI is InChI=1S/C11H11N2OP/c1-15(14,10-6-2-4-8-12-10)11-7-3-5-9-13-11/h2-9H,1H3. The predicted molar refractivity (Wildman–Crippen MR) is 61.3 cm³/mol. The van der Waals surface area contributed by atoms with Gasteiger partial charge in [-0.05, 0) is 24.3 Å². The number of pyridine rings is 2. The zero-order chi connectivity index (χ0) is 10.7. The van der Waals surface area contributed by atoms with Crippen molar-refractivity contribution in [1.29, 1.82) is 0 Å². The highest BCUT2D eigenvalue weighted by Crippen LogP contribution is 2.36. The van der Waals surface area contributed by atoms with Crippen molar-refractivity contribution in [3.05, 3.63) is 48.8 Å². The smallest absolute Gasteiger partial charge is 0.175 e. The summed E-state index contributed by atoms with van der Waals surface area (Å²) in [5.74, 6) is 0. The molecule has 2 heterocycles. The minimum absolute atomic E-state index is 0.601. The zero-order valence-electron chi connectivity index (χ0n) is 8.37. The van der Waals surface area contributed by atoms with Crippen LogP contribution in [0.1, 0.15) is 0 Å². The van der Waals surface area contributed by atoms with E-state index in [1.165, 1.54) is 0 Å². The number of nitrogens with zero attached hydrogens (tertiary/aromatic N) is 2. The zero-order valence-corrected chi connectivity index (χ0v) is 9.26. The molecule has 0 aliphatic carbocycles. The van der Waals surface area contributed by atoms with Gasteiger partial charge in [0.15, 0.2) is 7.14 Å². The van der Waals surface area contributed by atoms with Gasteiger partial charge in [0, 0.05) is 19.1 Å². The molecule has 0 aromatic carbocycles. The molecule has 0 radical (unpaired) electrons. The van der Waals surface area contributed by atoms with Gasteiger partial charge in [-0.25, -0.2) is 0 Å². The minimum Gasteiger partial charge on any atom is -0.311 e. The molecule has 0 aliphatic heterocycles. The quantitative estimate of drug-likeness (QED) is 0.716. The summed E-state index contributed by atoms with van der Waals surface area (Å²) in [5.41, 5.74) is 1.20. The lowest BCUT2D eigenvalue weighted by atomic mass is 10.5. The van der Waals surface area contributed by atoms with E-state index in [1.807, 2.05) is 24.3 Å². The molecule has 2 aromatic heterocycles. The second kappa shape index (κ2) is 3.95. The van der Waals surface area contributed by atoms with Gasteiger partial charge in [0.05, 0.1) is 0 Å². The maximum Gasteiger partial charge on any atom is 0.175 e. The van der Waals surface area contributed by atoms with Gasteiger partial charge in [-0.15, -0.1) is 0 Å². The molecule has 0 amide bonds. The molecular formula is C11H11N2OP. The molecule has 0 spiro atoms. The van der Waals surface area contributed by atoms with Crippen molar-refractivity contribution in [2.24, 2.45) is 0 Å². The van der Waals surface area contributed by atoms with Gasteiger partial charge in [0.1, 0.15) is 10.9 Å². The molecule has 4 heteroatoms. The van der Waals surface area contributed by atoms with Crippen molar-refractivity contribution in [1.82, 2.24) is 9.97 Å². The maximum atomic E-state index is 12.5. The Kier molecular flexibility index (Phi) is 2.65. The average molecular weight is 218 g/mol. The van der Waals surface area contributed by atoms with Gasteiger partial charge in [0.25, 0.3) is 0 Å². The fourth-order valence-electron chi connectivity index (χ4n) is 1.33. The Bertz CT molecular complexity index is 441. The first-order valence-corrected chi connectivity index (χ1v) is 6.77. The monoisotopic (exact) mass is 218 g/mol. The van der Waals surface area contributed by atoms with Crippen LogP contribution >= 0.6 is 7.14 Å². The van der Waals surface area contributed by atoms with E-state index in [4.69, 9.17) is 0 Å². The SMILES string of the molecule is CP(=O)(c1ccccn1)c1ccccn1. The van der Waals surface area contributed by atoms with Crippen LogP contribution in [0.4, 0.5) is 0 Å². The summed E-state index contributed by atoms with van der Waals surface area (Å²) in [6.45, 7) is 1.69. The summed E-state index contributed by atoms with van der Waals surface area (Å²) < 4.78 is 12.5. The molecule has 3 nitrogen and oxygen atoms in total. The Morgan fingerprint density at radius 2 is 1.40 bits per heavy atom. The largest absolute Gasteiger partial charge is 0.311 e. The highest BCUT2D eigenvalue weighted by Gasteiger charge is 2.23. The Morgan fingerprint density at radius 1 is 0.933 bits per heavy atom. The molecule has 0 aliphatic rings. The minimum atomic E-state index is -2.62. The van der Waals surface area contributed by atoms with E-state index in [9.17, 15) is 4.57 Å². The molecule has 76 valence electrons. The Labute approximate surface area is 88.6 Å². The maximum absolute atomic E-state index is 12.5. The summed E-state index contributed by atoms with van der Waals surface area (Å²) in [7, 11) is -2.62. The lowest BCUT2D eigenvalue weighted by molar-refractivity contribution is 0.589. The third kappa shape index (κ3) is 1.97. The molecule has 2 aromatic rings. The van der Waals surface area contributed by atoms with Gasteiger partial charge in [-0.1, -0.05) is 12.1 Å². The van der Waals surface area contributed by atoms with Crippen molar-refractivity contribution in [3.8, 4) is 0 Å². The number of hydrogen-bond donors (Lipinski definition) is 0. The molecule has 0 saturated carbocycles. The summed E-state index contributed by atoms with van der Waals surface area (Å²) in [6.07, 6.45) is 3.29. The van der Waals surface area contributed by atoms with Crippen LogP contribution < -0.4 is 10.9 Å². The van der Waals surface area contributed by atoms with Crippen molar-refractivity contribution in [2.45, 2.75) is 0 Å². The van der Waals surface area contributed by atoms with Crippen LogP contribution in [-0.2, 0) is 4.57 Å². The highest BCUT2D eigenvalue weighted by atomic mass is 31.2. The summed E-state index contributed by atoms with van der Waals surface area (Å²) in [5, 5.41) is 0.